The molecular formula is C8H7BrCl2N4. The van der Waals surface area contributed by atoms with Gasteiger partial charge in [-0.2, -0.15) is 5.10 Å². The highest BCUT2D eigenvalue weighted by molar-refractivity contribution is 9.10. The zero-order valence-corrected chi connectivity index (χ0v) is 10.5. The van der Waals surface area contributed by atoms with Crippen LogP contribution in [0.4, 0.5) is 0 Å². The van der Waals surface area contributed by atoms with Crippen molar-refractivity contribution in [3.63, 3.8) is 0 Å². The van der Waals surface area contributed by atoms with Crippen molar-refractivity contribution >= 4 is 51.3 Å². The molecule has 0 radical (unpaired) electrons. The van der Waals surface area contributed by atoms with Crippen molar-refractivity contribution < 1.29 is 0 Å². The maximum absolute atomic E-state index is 5.97. The number of benzene rings is 1. The number of nitrogens with zero attached hydrogens (tertiary/aromatic N) is 2. The van der Waals surface area contributed by atoms with Gasteiger partial charge in [-0.25, -0.2) is 0 Å². The molecule has 1 rings (SSSR count). The molecule has 0 fully saturated rings. The number of hydrogen-bond donors (Lipinski definition) is 2. The molecule has 1 aromatic rings. The molecule has 0 bridgehead atoms. The third-order valence-corrected chi connectivity index (χ3v) is 2.88. The normalized spacial score (nSPS) is 10.6. The fraction of sp³-hybridized carbons (Fsp3) is 0. The average Bonchev–Trinajstić information content (AvgIpc) is 2.12. The van der Waals surface area contributed by atoms with E-state index >= 15 is 0 Å². The van der Waals surface area contributed by atoms with Crippen molar-refractivity contribution in [1.29, 1.82) is 0 Å². The minimum atomic E-state index is -0.122. The Morgan fingerprint density at radius 1 is 1.33 bits per heavy atom. The van der Waals surface area contributed by atoms with Gasteiger partial charge in [0.15, 0.2) is 0 Å². The van der Waals surface area contributed by atoms with Gasteiger partial charge in [-0.05, 0) is 28.1 Å². The lowest BCUT2D eigenvalue weighted by molar-refractivity contribution is 1.21. The van der Waals surface area contributed by atoms with Gasteiger partial charge >= 0.3 is 0 Å². The topological polar surface area (TPSA) is 76.8 Å². The van der Waals surface area contributed by atoms with Crippen LogP contribution in [0.3, 0.4) is 0 Å². The lowest BCUT2D eigenvalue weighted by Gasteiger charge is -2.00. The molecule has 0 saturated carbocycles. The van der Waals surface area contributed by atoms with Crippen molar-refractivity contribution in [2.45, 2.75) is 0 Å². The van der Waals surface area contributed by atoms with Crippen LogP contribution >= 0.6 is 39.1 Å². The van der Waals surface area contributed by atoms with Gasteiger partial charge < -0.3 is 11.5 Å². The Morgan fingerprint density at radius 2 is 2.00 bits per heavy atom. The molecule has 0 spiro atoms. The summed E-state index contributed by atoms with van der Waals surface area (Å²) in [7, 11) is 0. The molecule has 4 nitrogen and oxygen atoms in total. The Kier molecular flexibility index (Phi) is 4.38. The van der Waals surface area contributed by atoms with E-state index in [1.165, 1.54) is 6.21 Å². The number of rotatable bonds is 2. The Bertz CT molecular complexity index is 427. The summed E-state index contributed by atoms with van der Waals surface area (Å²) < 4.78 is 0.683. The van der Waals surface area contributed by atoms with E-state index in [4.69, 9.17) is 34.7 Å². The molecule has 1 aromatic carbocycles. The van der Waals surface area contributed by atoms with Gasteiger partial charge in [-0.1, -0.05) is 23.2 Å². The average molecular weight is 310 g/mol. The number of hydrogen-bond acceptors (Lipinski definition) is 2. The summed E-state index contributed by atoms with van der Waals surface area (Å²) in [5.74, 6) is -0.122. The van der Waals surface area contributed by atoms with Gasteiger partial charge in [0, 0.05) is 15.1 Å². The lowest BCUT2D eigenvalue weighted by Crippen LogP contribution is -2.21. The van der Waals surface area contributed by atoms with E-state index in [1.807, 2.05) is 0 Å². The number of halogens is 3. The molecule has 7 heteroatoms. The van der Waals surface area contributed by atoms with E-state index in [0.717, 1.165) is 0 Å². The molecule has 4 N–H and O–H groups in total. The smallest absolute Gasteiger partial charge is 0.211 e. The highest BCUT2D eigenvalue weighted by Crippen LogP contribution is 2.29. The quantitative estimate of drug-likeness (QED) is 0.381. The molecule has 0 amide bonds. The van der Waals surface area contributed by atoms with Crippen LogP contribution in [-0.4, -0.2) is 12.2 Å². The summed E-state index contributed by atoms with van der Waals surface area (Å²) in [6, 6.07) is 3.34. The first-order valence-electron chi connectivity index (χ1n) is 3.77. The molecule has 0 atom stereocenters. The SMILES string of the molecule is NC(N)=NN=Cc1cc(Cl)cc(Br)c1Cl. The van der Waals surface area contributed by atoms with Crippen molar-refractivity contribution in [2.24, 2.45) is 21.7 Å². The highest BCUT2D eigenvalue weighted by Gasteiger charge is 2.04. The van der Waals surface area contributed by atoms with Gasteiger partial charge in [-0.15, -0.1) is 5.10 Å². The first-order chi connectivity index (χ1) is 7.00. The number of nitrogens with two attached hydrogens (primary N) is 2. The van der Waals surface area contributed by atoms with Crippen LogP contribution < -0.4 is 11.5 Å². The summed E-state index contributed by atoms with van der Waals surface area (Å²) in [6.07, 6.45) is 1.42. The predicted molar refractivity (Wildman–Crippen MR) is 67.6 cm³/mol. The zero-order valence-electron chi connectivity index (χ0n) is 7.42. The molecule has 0 unspecified atom stereocenters. The standard InChI is InChI=1S/C8H7BrCl2N4/c9-6-2-5(10)1-4(7(6)11)3-14-15-8(12)13/h1-3H,(H4,12,13,15). The fourth-order valence-electron chi connectivity index (χ4n) is 0.828. The first kappa shape index (κ1) is 12.3. The maximum Gasteiger partial charge on any atom is 0.211 e. The van der Waals surface area contributed by atoms with Crippen LogP contribution in [0.2, 0.25) is 10.0 Å². The molecule has 0 aliphatic rings. The monoisotopic (exact) mass is 308 g/mol. The van der Waals surface area contributed by atoms with Crippen molar-refractivity contribution in [3.8, 4) is 0 Å². The molecule has 80 valence electrons. The Labute approximate surface area is 105 Å². The summed E-state index contributed by atoms with van der Waals surface area (Å²) in [5, 5.41) is 8.11. The van der Waals surface area contributed by atoms with Crippen LogP contribution in [0.15, 0.2) is 26.8 Å². The van der Waals surface area contributed by atoms with Crippen LogP contribution in [0.25, 0.3) is 0 Å². The van der Waals surface area contributed by atoms with E-state index in [1.54, 1.807) is 12.1 Å². The van der Waals surface area contributed by atoms with Gasteiger partial charge in [0.2, 0.25) is 5.96 Å². The Balaban J connectivity index is 3.05. The van der Waals surface area contributed by atoms with Crippen LogP contribution in [0.5, 0.6) is 0 Å². The lowest BCUT2D eigenvalue weighted by atomic mass is 10.2. The van der Waals surface area contributed by atoms with Crippen molar-refractivity contribution in [2.75, 3.05) is 0 Å². The third kappa shape index (κ3) is 3.70. The van der Waals surface area contributed by atoms with E-state index in [0.29, 0.717) is 20.1 Å². The van der Waals surface area contributed by atoms with Crippen LogP contribution in [-0.2, 0) is 0 Å². The summed E-state index contributed by atoms with van der Waals surface area (Å²) in [5.41, 5.74) is 10.8. The Hall–Kier alpha value is -0.780. The Morgan fingerprint density at radius 3 is 2.60 bits per heavy atom. The molecule has 0 aromatic heterocycles. The molecule has 15 heavy (non-hydrogen) atoms. The second-order valence-electron chi connectivity index (χ2n) is 2.56. The molecule has 0 aliphatic carbocycles. The second kappa shape index (κ2) is 5.34. The van der Waals surface area contributed by atoms with E-state index < -0.39 is 0 Å². The second-order valence-corrected chi connectivity index (χ2v) is 4.23. The fourth-order valence-corrected chi connectivity index (χ4v) is 1.82. The molecule has 0 saturated heterocycles. The number of guanidine groups is 1. The van der Waals surface area contributed by atoms with E-state index in [9.17, 15) is 0 Å². The van der Waals surface area contributed by atoms with E-state index in [-0.39, 0.29) is 5.96 Å². The van der Waals surface area contributed by atoms with Gasteiger partial charge in [0.05, 0.1) is 11.2 Å². The highest BCUT2D eigenvalue weighted by atomic mass is 79.9. The summed E-state index contributed by atoms with van der Waals surface area (Å²) in [4.78, 5) is 0. The minimum absolute atomic E-state index is 0.122. The van der Waals surface area contributed by atoms with Crippen molar-refractivity contribution in [3.05, 3.63) is 32.2 Å². The minimum Gasteiger partial charge on any atom is -0.369 e. The molecule has 0 heterocycles. The van der Waals surface area contributed by atoms with Crippen molar-refractivity contribution in [1.82, 2.24) is 0 Å². The van der Waals surface area contributed by atoms with Gasteiger partial charge in [0.25, 0.3) is 0 Å². The predicted octanol–water partition coefficient (Wildman–Crippen LogP) is 2.36. The van der Waals surface area contributed by atoms with Gasteiger partial charge in [0.1, 0.15) is 0 Å². The molecule has 0 aliphatic heterocycles. The van der Waals surface area contributed by atoms with Crippen LogP contribution in [0, 0.1) is 0 Å². The molecular weight excluding hydrogens is 303 g/mol. The summed E-state index contributed by atoms with van der Waals surface area (Å²) in [6.45, 7) is 0. The van der Waals surface area contributed by atoms with E-state index in [2.05, 4.69) is 26.1 Å². The first-order valence-corrected chi connectivity index (χ1v) is 5.32. The van der Waals surface area contributed by atoms with Crippen LogP contribution in [0.1, 0.15) is 5.56 Å². The summed E-state index contributed by atoms with van der Waals surface area (Å²) >= 11 is 15.1. The largest absolute Gasteiger partial charge is 0.369 e. The zero-order chi connectivity index (χ0) is 11.4. The van der Waals surface area contributed by atoms with Gasteiger partial charge in [-0.3, -0.25) is 0 Å². The third-order valence-electron chi connectivity index (χ3n) is 1.39. The maximum atomic E-state index is 5.97.